The molecule has 0 saturated heterocycles. The van der Waals surface area contributed by atoms with Gasteiger partial charge in [0.05, 0.1) is 12.2 Å². The van der Waals surface area contributed by atoms with E-state index < -0.39 is 0 Å². The lowest BCUT2D eigenvalue weighted by Crippen LogP contribution is -2.41. The molecule has 2 rings (SSSR count). The highest BCUT2D eigenvalue weighted by Gasteiger charge is 2.31. The van der Waals surface area contributed by atoms with Gasteiger partial charge in [-0.3, -0.25) is 0 Å². The molecule has 1 aliphatic carbocycles. The number of likely N-dealkylation sites (N-methyl/N-ethyl adjacent to an activating group) is 1. The van der Waals surface area contributed by atoms with Crippen LogP contribution in [0.5, 0.6) is 0 Å². The summed E-state index contributed by atoms with van der Waals surface area (Å²) in [6, 6.07) is 8.43. The third-order valence-corrected chi connectivity index (χ3v) is 4.50. The van der Waals surface area contributed by atoms with E-state index in [2.05, 4.69) is 45.5 Å². The highest BCUT2D eigenvalue weighted by atomic mass is 79.9. The lowest BCUT2D eigenvalue weighted by molar-refractivity contribution is -0.0645. The molecule has 0 aliphatic heterocycles. The highest BCUT2D eigenvalue weighted by molar-refractivity contribution is 9.10. The predicted octanol–water partition coefficient (Wildman–Crippen LogP) is 4.28. The van der Waals surface area contributed by atoms with E-state index in [9.17, 15) is 0 Å². The smallest absolute Gasteiger partial charge is 0.0810 e. The van der Waals surface area contributed by atoms with Gasteiger partial charge in [0.1, 0.15) is 0 Å². The van der Waals surface area contributed by atoms with E-state index in [-0.39, 0.29) is 5.60 Å². The van der Waals surface area contributed by atoms with E-state index in [4.69, 9.17) is 4.74 Å². The van der Waals surface area contributed by atoms with Gasteiger partial charge in [-0.05, 0) is 37.6 Å². The van der Waals surface area contributed by atoms with Crippen molar-refractivity contribution in [3.63, 3.8) is 0 Å². The summed E-state index contributed by atoms with van der Waals surface area (Å²) in [5.41, 5.74) is 1.29. The Labute approximate surface area is 125 Å². The van der Waals surface area contributed by atoms with Crippen molar-refractivity contribution in [3.8, 4) is 0 Å². The molecular formula is C16H24BrNO. The molecule has 19 heavy (non-hydrogen) atoms. The van der Waals surface area contributed by atoms with Gasteiger partial charge in [0.15, 0.2) is 0 Å². The molecule has 1 aliphatic rings. The highest BCUT2D eigenvalue weighted by Crippen LogP contribution is 2.31. The maximum Gasteiger partial charge on any atom is 0.0810 e. The van der Waals surface area contributed by atoms with Crippen LogP contribution in [0.15, 0.2) is 28.7 Å². The van der Waals surface area contributed by atoms with Crippen LogP contribution in [0, 0.1) is 0 Å². The van der Waals surface area contributed by atoms with Crippen LogP contribution in [-0.4, -0.2) is 19.2 Å². The first kappa shape index (κ1) is 15.0. The number of hydrogen-bond donors (Lipinski definition) is 1. The average molecular weight is 326 g/mol. The largest absolute Gasteiger partial charge is 0.369 e. The minimum absolute atomic E-state index is 0.0400. The van der Waals surface area contributed by atoms with E-state index >= 15 is 0 Å². The molecule has 0 atom stereocenters. The van der Waals surface area contributed by atoms with Gasteiger partial charge in [-0.2, -0.15) is 0 Å². The SMILES string of the molecule is CNCC1(OCc2ccc(Br)cc2)CCCCCC1. The second-order valence-corrected chi connectivity index (χ2v) is 6.46. The van der Waals surface area contributed by atoms with Crippen molar-refractivity contribution in [1.29, 1.82) is 0 Å². The summed E-state index contributed by atoms with van der Waals surface area (Å²) >= 11 is 3.47. The topological polar surface area (TPSA) is 21.3 Å². The molecule has 1 saturated carbocycles. The zero-order valence-corrected chi connectivity index (χ0v) is 13.3. The van der Waals surface area contributed by atoms with Gasteiger partial charge in [0.2, 0.25) is 0 Å². The average Bonchev–Trinajstić information content (AvgIpc) is 2.65. The van der Waals surface area contributed by atoms with Gasteiger partial charge in [0, 0.05) is 11.0 Å². The number of hydrogen-bond acceptors (Lipinski definition) is 2. The zero-order valence-electron chi connectivity index (χ0n) is 11.8. The van der Waals surface area contributed by atoms with E-state index in [1.165, 1.54) is 44.1 Å². The first-order valence-electron chi connectivity index (χ1n) is 7.27. The van der Waals surface area contributed by atoms with Crippen molar-refractivity contribution in [2.24, 2.45) is 0 Å². The predicted molar refractivity (Wildman–Crippen MR) is 83.3 cm³/mol. The van der Waals surface area contributed by atoms with Crippen LogP contribution in [0.1, 0.15) is 44.1 Å². The third-order valence-electron chi connectivity index (χ3n) is 3.97. The van der Waals surface area contributed by atoms with E-state index in [0.29, 0.717) is 0 Å². The molecule has 1 N–H and O–H groups in total. The third kappa shape index (κ3) is 4.59. The van der Waals surface area contributed by atoms with Crippen molar-refractivity contribution in [2.45, 2.75) is 50.7 Å². The first-order chi connectivity index (χ1) is 9.24. The van der Waals surface area contributed by atoms with Gasteiger partial charge < -0.3 is 10.1 Å². The molecule has 0 radical (unpaired) electrons. The van der Waals surface area contributed by atoms with Crippen LogP contribution in [0.2, 0.25) is 0 Å². The Morgan fingerprint density at radius 3 is 2.32 bits per heavy atom. The summed E-state index contributed by atoms with van der Waals surface area (Å²) in [7, 11) is 2.02. The molecule has 1 fully saturated rings. The quantitative estimate of drug-likeness (QED) is 0.816. The molecule has 106 valence electrons. The maximum absolute atomic E-state index is 6.34. The monoisotopic (exact) mass is 325 g/mol. The summed E-state index contributed by atoms with van der Waals surface area (Å²) < 4.78 is 7.46. The van der Waals surface area contributed by atoms with E-state index in [1.807, 2.05) is 7.05 Å². The number of ether oxygens (including phenoxy) is 1. The molecule has 0 unspecified atom stereocenters. The normalized spacial score (nSPS) is 19.1. The maximum atomic E-state index is 6.34. The lowest BCUT2D eigenvalue weighted by atomic mass is 9.94. The van der Waals surface area contributed by atoms with Crippen molar-refractivity contribution in [1.82, 2.24) is 5.32 Å². The number of benzene rings is 1. The molecule has 0 amide bonds. The van der Waals surface area contributed by atoms with Crippen LogP contribution in [0.3, 0.4) is 0 Å². The fourth-order valence-electron chi connectivity index (χ4n) is 2.88. The van der Waals surface area contributed by atoms with Crippen molar-refractivity contribution < 1.29 is 4.74 Å². The molecule has 0 heterocycles. The van der Waals surface area contributed by atoms with Crippen molar-refractivity contribution in [2.75, 3.05) is 13.6 Å². The second kappa shape index (κ2) is 7.41. The molecule has 1 aromatic carbocycles. The molecule has 2 nitrogen and oxygen atoms in total. The number of nitrogens with one attached hydrogen (secondary N) is 1. The van der Waals surface area contributed by atoms with Crippen molar-refractivity contribution >= 4 is 15.9 Å². The van der Waals surface area contributed by atoms with Gasteiger partial charge in [-0.15, -0.1) is 0 Å². The fourth-order valence-corrected chi connectivity index (χ4v) is 3.15. The molecule has 1 aromatic rings. The van der Waals surface area contributed by atoms with Crippen LogP contribution in [0.4, 0.5) is 0 Å². The molecular weight excluding hydrogens is 302 g/mol. The van der Waals surface area contributed by atoms with E-state index in [0.717, 1.165) is 17.6 Å². The molecule has 3 heteroatoms. The Morgan fingerprint density at radius 1 is 1.11 bits per heavy atom. The Bertz CT molecular complexity index is 369. The van der Waals surface area contributed by atoms with Gasteiger partial charge >= 0.3 is 0 Å². The standard InChI is InChI=1S/C16H24BrNO/c1-18-13-16(10-4-2-3-5-11-16)19-12-14-6-8-15(17)9-7-14/h6-9,18H,2-5,10-13H2,1H3. The van der Waals surface area contributed by atoms with Gasteiger partial charge in [0.25, 0.3) is 0 Å². The summed E-state index contributed by atoms with van der Waals surface area (Å²) in [5, 5.41) is 3.32. The second-order valence-electron chi connectivity index (χ2n) is 5.54. The van der Waals surface area contributed by atoms with E-state index in [1.54, 1.807) is 0 Å². The van der Waals surface area contributed by atoms with Crippen LogP contribution < -0.4 is 5.32 Å². The first-order valence-corrected chi connectivity index (χ1v) is 8.06. The number of halogens is 1. The van der Waals surface area contributed by atoms with Crippen LogP contribution in [0.25, 0.3) is 0 Å². The Kier molecular flexibility index (Phi) is 5.86. The van der Waals surface area contributed by atoms with Crippen LogP contribution in [-0.2, 0) is 11.3 Å². The number of rotatable bonds is 5. The Morgan fingerprint density at radius 2 is 1.74 bits per heavy atom. The Hall–Kier alpha value is -0.380. The lowest BCUT2D eigenvalue weighted by Gasteiger charge is -2.33. The summed E-state index contributed by atoms with van der Waals surface area (Å²) in [6.45, 7) is 1.68. The van der Waals surface area contributed by atoms with Crippen LogP contribution >= 0.6 is 15.9 Å². The van der Waals surface area contributed by atoms with Crippen molar-refractivity contribution in [3.05, 3.63) is 34.3 Å². The van der Waals surface area contributed by atoms with Gasteiger partial charge in [-0.25, -0.2) is 0 Å². The molecule has 0 aromatic heterocycles. The summed E-state index contributed by atoms with van der Waals surface area (Å²) in [6.07, 6.45) is 7.67. The molecule has 0 bridgehead atoms. The fraction of sp³-hybridized carbons (Fsp3) is 0.625. The minimum Gasteiger partial charge on any atom is -0.369 e. The zero-order chi connectivity index (χ0) is 13.6. The summed E-state index contributed by atoms with van der Waals surface area (Å²) in [5.74, 6) is 0. The summed E-state index contributed by atoms with van der Waals surface area (Å²) in [4.78, 5) is 0. The Balaban J connectivity index is 1.97. The van der Waals surface area contributed by atoms with Gasteiger partial charge in [-0.1, -0.05) is 53.7 Å². The minimum atomic E-state index is 0.0400. The molecule has 0 spiro atoms.